The SMILES string of the molecule is CCC1(C)c2ccc(-c3cccc(-c4nc(-c5cc(-c6ccccc6)cc(-c6ccccc6)c5)nc(-c5cc(-c6ccccc6)cc(-c6ccccc6)c5)n4)c3)cc2-c2cccc[n+]2C1(CC)Cc1cc2ccccc2c2c3ccccc3cc[n+]12. The Morgan fingerprint density at radius 1 is 0.337 bits per heavy atom. The number of rotatable bonds is 12. The maximum atomic E-state index is 5.48. The third-order valence-electron chi connectivity index (χ3n) is 18.6. The second-order valence-electron chi connectivity index (χ2n) is 23.3. The van der Waals surface area contributed by atoms with Crippen molar-refractivity contribution in [3.63, 3.8) is 0 Å². The number of aromatic nitrogens is 5. The molecule has 5 nitrogen and oxygen atoms in total. The van der Waals surface area contributed by atoms with Crippen LogP contribution in [-0.2, 0) is 17.4 Å². The van der Waals surface area contributed by atoms with Gasteiger partial charge in [0.25, 0.3) is 0 Å². The molecule has 15 rings (SSSR count). The lowest BCUT2D eigenvalue weighted by atomic mass is 9.58. The Bertz CT molecular complexity index is 4610. The molecule has 2 unspecified atom stereocenters. The third kappa shape index (κ3) is 9.06. The number of hydrogen-bond acceptors (Lipinski definition) is 3. The zero-order valence-electron chi connectivity index (χ0n) is 48.6. The molecule has 0 spiro atoms. The van der Waals surface area contributed by atoms with Crippen LogP contribution >= 0.6 is 0 Å². The second kappa shape index (κ2) is 21.6. The second-order valence-corrected chi connectivity index (χ2v) is 23.3. The molecule has 86 heavy (non-hydrogen) atoms. The first-order valence-electron chi connectivity index (χ1n) is 30.1. The van der Waals surface area contributed by atoms with Crippen molar-refractivity contribution in [3.05, 3.63) is 303 Å². The minimum atomic E-state index is -0.306. The summed E-state index contributed by atoms with van der Waals surface area (Å²) in [6.07, 6.45) is 7.38. The Kier molecular flexibility index (Phi) is 13.1. The van der Waals surface area contributed by atoms with E-state index in [1.54, 1.807) is 0 Å². The van der Waals surface area contributed by atoms with E-state index in [0.29, 0.717) is 17.5 Å². The molecule has 5 heterocycles. The van der Waals surface area contributed by atoms with Crippen molar-refractivity contribution in [3.8, 4) is 101 Å². The van der Waals surface area contributed by atoms with Gasteiger partial charge >= 0.3 is 0 Å². The summed E-state index contributed by atoms with van der Waals surface area (Å²) in [5, 5.41) is 5.05. The molecule has 1 aliphatic heterocycles. The van der Waals surface area contributed by atoms with Crippen LogP contribution in [0.4, 0.5) is 0 Å². The van der Waals surface area contributed by atoms with E-state index in [0.717, 1.165) is 91.6 Å². The lowest BCUT2D eigenvalue weighted by Gasteiger charge is -2.47. The summed E-state index contributed by atoms with van der Waals surface area (Å²) in [5.41, 5.74) is 19.6. The number of nitrogens with zero attached hydrogens (tertiary/aromatic N) is 5. The molecule has 0 amide bonds. The number of hydrogen-bond donors (Lipinski definition) is 0. The van der Waals surface area contributed by atoms with Crippen molar-refractivity contribution in [2.45, 2.75) is 51.0 Å². The number of benzene rings is 10. The van der Waals surface area contributed by atoms with Crippen molar-refractivity contribution in [1.82, 2.24) is 15.0 Å². The summed E-state index contributed by atoms with van der Waals surface area (Å²) in [4.78, 5) is 16.4. The van der Waals surface area contributed by atoms with Gasteiger partial charge in [0.15, 0.2) is 41.1 Å². The molecule has 2 atom stereocenters. The molecular formula is C81H63N5+2. The van der Waals surface area contributed by atoms with E-state index in [-0.39, 0.29) is 11.0 Å². The van der Waals surface area contributed by atoms with Gasteiger partial charge in [0.05, 0.1) is 28.2 Å². The molecular weight excluding hydrogens is 1040 g/mol. The molecule has 410 valence electrons. The van der Waals surface area contributed by atoms with Crippen molar-refractivity contribution in [2.75, 3.05) is 0 Å². The molecule has 0 radical (unpaired) electrons. The molecule has 0 aliphatic carbocycles. The van der Waals surface area contributed by atoms with Gasteiger partial charge in [-0.3, -0.25) is 0 Å². The van der Waals surface area contributed by atoms with E-state index >= 15 is 0 Å². The van der Waals surface area contributed by atoms with Crippen LogP contribution in [0.3, 0.4) is 0 Å². The maximum absolute atomic E-state index is 5.48. The van der Waals surface area contributed by atoms with Gasteiger partial charge in [-0.1, -0.05) is 202 Å². The Morgan fingerprint density at radius 3 is 1.33 bits per heavy atom. The molecule has 10 aromatic carbocycles. The summed E-state index contributed by atoms with van der Waals surface area (Å²) in [5.74, 6) is 1.79. The van der Waals surface area contributed by atoms with E-state index in [1.807, 2.05) is 0 Å². The van der Waals surface area contributed by atoms with Gasteiger partial charge in [0.2, 0.25) is 11.2 Å². The third-order valence-corrected chi connectivity index (χ3v) is 18.6. The minimum absolute atomic E-state index is 0.250. The quantitative estimate of drug-likeness (QED) is 0.0905. The lowest BCUT2D eigenvalue weighted by Crippen LogP contribution is -2.70. The first kappa shape index (κ1) is 52.3. The number of pyridine rings is 3. The minimum Gasteiger partial charge on any atom is -0.208 e. The van der Waals surface area contributed by atoms with Crippen molar-refractivity contribution in [2.24, 2.45) is 0 Å². The summed E-state index contributed by atoms with van der Waals surface area (Å²) in [6.45, 7) is 7.31. The average Bonchev–Trinajstić information content (AvgIpc) is 0.803. The molecule has 0 saturated heterocycles. The molecule has 0 N–H and O–H groups in total. The Hall–Kier alpha value is -10.5. The number of fused-ring (bicyclic) bond motifs is 8. The van der Waals surface area contributed by atoms with E-state index in [4.69, 9.17) is 15.0 Å². The van der Waals surface area contributed by atoms with Gasteiger partial charge in [-0.05, 0) is 152 Å². The maximum Gasteiger partial charge on any atom is 0.226 e. The lowest BCUT2D eigenvalue weighted by molar-refractivity contribution is -0.771. The summed E-state index contributed by atoms with van der Waals surface area (Å²) < 4.78 is 5.13. The predicted molar refractivity (Wildman–Crippen MR) is 353 cm³/mol. The van der Waals surface area contributed by atoms with Gasteiger partial charge in [-0.25, -0.2) is 15.0 Å². The van der Waals surface area contributed by atoms with Gasteiger partial charge in [-0.2, -0.15) is 8.97 Å². The first-order chi connectivity index (χ1) is 42.3. The predicted octanol–water partition coefficient (Wildman–Crippen LogP) is 19.2. The standard InChI is InChI=1S/C81H63N5/c1-4-80(3)74-41-40-61(53-73(74)75-39-22-23-43-86(75)81(80,5-2)54-70-52-62-34-19-21-38-72(62)76-71-37-20-18-33-59(71)42-44-85(70)76)60-35-24-36-63(45-60)77-82-78(68-48-64(55-25-10-6-11-26-55)46-65(49-68)56-27-12-7-13-28-56)84-79(83-77)69-50-66(57-29-14-8-15-30-57)47-67(51-69)58-31-16-9-17-32-58/h6-53H,4-5,54H2,1-3H3/q+2. The zero-order valence-corrected chi connectivity index (χ0v) is 48.6. The van der Waals surface area contributed by atoms with Crippen LogP contribution in [-0.4, -0.2) is 15.0 Å². The smallest absolute Gasteiger partial charge is 0.208 e. The van der Waals surface area contributed by atoms with E-state index in [2.05, 4.69) is 321 Å². The largest absolute Gasteiger partial charge is 0.226 e. The van der Waals surface area contributed by atoms with Crippen LogP contribution in [0, 0.1) is 0 Å². The van der Waals surface area contributed by atoms with Crippen LogP contribution in [0.5, 0.6) is 0 Å². The molecule has 4 aromatic heterocycles. The summed E-state index contributed by atoms with van der Waals surface area (Å²) in [7, 11) is 0. The highest BCUT2D eigenvalue weighted by Crippen LogP contribution is 2.52. The monoisotopic (exact) mass is 1110 g/mol. The van der Waals surface area contributed by atoms with Crippen molar-refractivity contribution >= 4 is 27.1 Å². The van der Waals surface area contributed by atoms with Crippen LogP contribution in [0.2, 0.25) is 0 Å². The van der Waals surface area contributed by atoms with Crippen molar-refractivity contribution in [1.29, 1.82) is 0 Å². The molecule has 1 aliphatic rings. The fourth-order valence-electron chi connectivity index (χ4n) is 14.0. The average molecular weight is 1110 g/mol. The highest BCUT2D eigenvalue weighted by Gasteiger charge is 2.60. The van der Waals surface area contributed by atoms with Gasteiger partial charge in [-0.15, -0.1) is 0 Å². The van der Waals surface area contributed by atoms with Crippen LogP contribution < -0.4 is 8.97 Å². The van der Waals surface area contributed by atoms with Crippen LogP contribution in [0.1, 0.15) is 44.9 Å². The van der Waals surface area contributed by atoms with Crippen molar-refractivity contribution < 1.29 is 8.97 Å². The zero-order chi connectivity index (χ0) is 57.8. The first-order valence-corrected chi connectivity index (χ1v) is 30.1. The van der Waals surface area contributed by atoms with Crippen LogP contribution in [0.25, 0.3) is 128 Å². The van der Waals surface area contributed by atoms with Crippen LogP contribution in [0.15, 0.2) is 291 Å². The highest BCUT2D eigenvalue weighted by atomic mass is 15.1. The Balaban J connectivity index is 0.880. The Morgan fingerprint density at radius 2 is 0.779 bits per heavy atom. The van der Waals surface area contributed by atoms with Gasteiger partial charge in [0, 0.05) is 47.4 Å². The molecule has 0 bridgehead atoms. The molecule has 14 aromatic rings. The van der Waals surface area contributed by atoms with Gasteiger partial charge < -0.3 is 0 Å². The molecule has 5 heteroatoms. The fourth-order valence-corrected chi connectivity index (χ4v) is 14.0. The topological polar surface area (TPSA) is 46.7 Å². The van der Waals surface area contributed by atoms with E-state index in [1.165, 1.54) is 49.6 Å². The summed E-state index contributed by atoms with van der Waals surface area (Å²) in [6, 6.07) is 101. The normalized spacial score (nSPS) is 15.4. The molecule has 0 fully saturated rings. The Labute approximate surface area is 502 Å². The highest BCUT2D eigenvalue weighted by molar-refractivity contribution is 6.07. The van der Waals surface area contributed by atoms with E-state index < -0.39 is 0 Å². The summed E-state index contributed by atoms with van der Waals surface area (Å²) >= 11 is 0. The fraction of sp³-hybridized carbons (Fsp3) is 0.0988. The molecule has 0 saturated carbocycles. The van der Waals surface area contributed by atoms with Gasteiger partial charge in [0.1, 0.15) is 0 Å². The van der Waals surface area contributed by atoms with E-state index in [9.17, 15) is 0 Å².